The van der Waals surface area contributed by atoms with Crippen LogP contribution in [0.3, 0.4) is 0 Å². The zero-order chi connectivity index (χ0) is 21.4. The molecule has 1 amide bonds. The zero-order valence-corrected chi connectivity index (χ0v) is 18.0. The van der Waals surface area contributed by atoms with Crippen molar-refractivity contribution in [3.05, 3.63) is 87.1 Å². The average Bonchev–Trinajstić information content (AvgIpc) is 3.19. The number of nitrogens with one attached hydrogen (secondary N) is 1. The molecule has 0 bridgehead atoms. The lowest BCUT2D eigenvalue weighted by Crippen LogP contribution is -2.46. The molecule has 30 heavy (non-hydrogen) atoms. The van der Waals surface area contributed by atoms with Crippen LogP contribution in [0.2, 0.25) is 5.02 Å². The van der Waals surface area contributed by atoms with Crippen molar-refractivity contribution < 1.29 is 9.21 Å². The molecule has 1 N–H and O–H groups in total. The van der Waals surface area contributed by atoms with Crippen LogP contribution in [0, 0.1) is 25.2 Å². The van der Waals surface area contributed by atoms with E-state index in [0.29, 0.717) is 16.5 Å². The maximum absolute atomic E-state index is 12.5. The summed E-state index contributed by atoms with van der Waals surface area (Å²) in [5, 5.41) is 13.2. The lowest BCUT2D eigenvalue weighted by molar-refractivity contribution is -0.118. The fourth-order valence-corrected chi connectivity index (χ4v) is 4.14. The number of thiol groups is 1. The van der Waals surface area contributed by atoms with E-state index >= 15 is 0 Å². The predicted octanol–water partition coefficient (Wildman–Crippen LogP) is 5.52. The van der Waals surface area contributed by atoms with Crippen molar-refractivity contribution in [2.75, 3.05) is 4.90 Å². The van der Waals surface area contributed by atoms with E-state index in [1.54, 1.807) is 17.0 Å². The van der Waals surface area contributed by atoms with E-state index in [1.807, 2.05) is 62.4 Å². The summed E-state index contributed by atoms with van der Waals surface area (Å²) in [7, 11) is 0. The van der Waals surface area contributed by atoms with Gasteiger partial charge in [-0.15, -0.1) is 12.6 Å². The quantitative estimate of drug-likeness (QED) is 0.531. The Morgan fingerprint density at radius 3 is 2.63 bits per heavy atom. The van der Waals surface area contributed by atoms with Crippen LogP contribution in [-0.2, 0) is 4.79 Å². The Kier molecular flexibility index (Phi) is 5.33. The van der Waals surface area contributed by atoms with Crippen LogP contribution in [0.5, 0.6) is 0 Å². The second-order valence-electron chi connectivity index (χ2n) is 7.03. The number of nitrogens with zero attached hydrogens (tertiary/aromatic N) is 2. The Morgan fingerprint density at radius 1 is 1.17 bits per heavy atom. The first kappa shape index (κ1) is 20.1. The van der Waals surface area contributed by atoms with Gasteiger partial charge in [0.15, 0.2) is 6.17 Å². The summed E-state index contributed by atoms with van der Waals surface area (Å²) in [5.74, 6) is 0.590. The zero-order valence-electron chi connectivity index (χ0n) is 16.3. The van der Waals surface area contributed by atoms with Crippen LogP contribution in [0.25, 0.3) is 11.3 Å². The summed E-state index contributed by atoms with van der Waals surface area (Å²) >= 11 is 10.8. The van der Waals surface area contributed by atoms with Gasteiger partial charge in [-0.05, 0) is 49.7 Å². The normalized spacial score (nSPS) is 16.4. The summed E-state index contributed by atoms with van der Waals surface area (Å²) in [6.07, 6.45) is -0.667. The van der Waals surface area contributed by atoms with E-state index < -0.39 is 12.1 Å². The van der Waals surface area contributed by atoms with Crippen molar-refractivity contribution >= 4 is 35.8 Å². The first-order valence-electron chi connectivity index (χ1n) is 9.26. The number of benzene rings is 2. The van der Waals surface area contributed by atoms with Gasteiger partial charge in [0.05, 0.1) is 10.1 Å². The molecule has 2 aromatic carbocycles. The topological polar surface area (TPSA) is 69.3 Å². The second kappa shape index (κ2) is 7.94. The predicted molar refractivity (Wildman–Crippen MR) is 120 cm³/mol. The Labute approximate surface area is 185 Å². The van der Waals surface area contributed by atoms with Crippen LogP contribution in [0.1, 0.15) is 23.1 Å². The molecule has 150 valence electrons. The molecule has 1 aromatic heterocycles. The number of hydrogen-bond donors (Lipinski definition) is 2. The molecular weight excluding hydrogens is 418 g/mol. The molecular formula is C23H18ClN3O2S. The van der Waals surface area contributed by atoms with Gasteiger partial charge >= 0.3 is 0 Å². The SMILES string of the molecule is Cc1ccc(N2C(S)=C(C#N)C(=O)NC2c2ccc(-c3ccccc3Cl)o2)c(C)c1. The smallest absolute Gasteiger partial charge is 0.266 e. The number of amides is 1. The molecule has 4 rings (SSSR count). The largest absolute Gasteiger partial charge is 0.457 e. The number of anilines is 1. The van der Waals surface area contributed by atoms with Crippen LogP contribution in [-0.4, -0.2) is 5.91 Å². The van der Waals surface area contributed by atoms with Gasteiger partial charge in [-0.25, -0.2) is 0 Å². The first-order valence-corrected chi connectivity index (χ1v) is 10.1. The van der Waals surface area contributed by atoms with Crippen molar-refractivity contribution in [1.29, 1.82) is 5.26 Å². The van der Waals surface area contributed by atoms with Crippen LogP contribution in [0.15, 0.2) is 69.6 Å². The van der Waals surface area contributed by atoms with E-state index in [2.05, 4.69) is 17.9 Å². The minimum atomic E-state index is -0.667. The molecule has 0 radical (unpaired) electrons. The molecule has 5 nitrogen and oxygen atoms in total. The Morgan fingerprint density at radius 2 is 1.93 bits per heavy atom. The minimum absolute atomic E-state index is 0.0487. The molecule has 1 aliphatic heterocycles. The molecule has 2 heterocycles. The molecule has 0 spiro atoms. The second-order valence-corrected chi connectivity index (χ2v) is 7.86. The van der Waals surface area contributed by atoms with E-state index in [4.69, 9.17) is 16.0 Å². The lowest BCUT2D eigenvalue weighted by Gasteiger charge is -2.37. The van der Waals surface area contributed by atoms with E-state index in [0.717, 1.165) is 22.4 Å². The molecule has 7 heteroatoms. The molecule has 0 aliphatic carbocycles. The molecule has 1 unspecified atom stereocenters. The number of halogens is 1. The third-order valence-electron chi connectivity index (χ3n) is 4.96. The van der Waals surface area contributed by atoms with E-state index in [9.17, 15) is 10.1 Å². The van der Waals surface area contributed by atoms with Gasteiger partial charge in [-0.2, -0.15) is 5.26 Å². The number of furan rings is 1. The van der Waals surface area contributed by atoms with E-state index in [1.165, 1.54) is 0 Å². The van der Waals surface area contributed by atoms with Crippen molar-refractivity contribution in [3.8, 4) is 17.4 Å². The van der Waals surface area contributed by atoms with Gasteiger partial charge in [0.1, 0.15) is 23.2 Å². The molecule has 0 saturated carbocycles. The third kappa shape index (κ3) is 3.47. The molecule has 1 atom stereocenters. The molecule has 0 fully saturated rings. The van der Waals surface area contributed by atoms with Crippen LogP contribution < -0.4 is 10.2 Å². The average molecular weight is 436 g/mol. The highest BCUT2D eigenvalue weighted by Crippen LogP contribution is 2.39. The highest BCUT2D eigenvalue weighted by molar-refractivity contribution is 7.84. The summed E-state index contributed by atoms with van der Waals surface area (Å²) in [4.78, 5) is 14.3. The van der Waals surface area contributed by atoms with Gasteiger partial charge in [0, 0.05) is 11.3 Å². The van der Waals surface area contributed by atoms with Gasteiger partial charge in [-0.1, -0.05) is 41.4 Å². The Balaban J connectivity index is 1.84. The third-order valence-corrected chi connectivity index (χ3v) is 5.73. The number of aryl methyl sites for hydroxylation is 2. The number of rotatable bonds is 3. The first-order chi connectivity index (χ1) is 14.4. The maximum Gasteiger partial charge on any atom is 0.266 e. The molecule has 3 aromatic rings. The Hall–Kier alpha value is -3.14. The number of carbonyl (C=O) groups excluding carboxylic acids is 1. The van der Waals surface area contributed by atoms with Crippen LogP contribution in [0.4, 0.5) is 5.69 Å². The highest BCUT2D eigenvalue weighted by atomic mass is 35.5. The summed E-state index contributed by atoms with van der Waals surface area (Å²) < 4.78 is 6.09. The van der Waals surface area contributed by atoms with Gasteiger partial charge in [0.25, 0.3) is 5.91 Å². The monoisotopic (exact) mass is 435 g/mol. The van der Waals surface area contributed by atoms with Crippen molar-refractivity contribution in [2.45, 2.75) is 20.0 Å². The standard InChI is InChI=1S/C23H18ClN3O2S/c1-13-7-8-18(14(2)11-13)27-21(26-22(28)16(12-25)23(27)30)20-10-9-19(29-20)15-5-3-4-6-17(15)24/h3-11,21,30H,1-2H3,(H,26,28). The maximum atomic E-state index is 12.5. The van der Waals surface area contributed by atoms with Gasteiger partial charge in [0.2, 0.25) is 0 Å². The van der Waals surface area contributed by atoms with Crippen molar-refractivity contribution in [2.24, 2.45) is 0 Å². The number of carbonyl (C=O) groups is 1. The lowest BCUT2D eigenvalue weighted by atomic mass is 10.1. The molecule has 1 aliphatic rings. The van der Waals surface area contributed by atoms with Gasteiger partial charge in [-0.3, -0.25) is 4.79 Å². The fraction of sp³-hybridized carbons (Fsp3) is 0.130. The van der Waals surface area contributed by atoms with Crippen molar-refractivity contribution in [3.63, 3.8) is 0 Å². The summed E-state index contributed by atoms with van der Waals surface area (Å²) in [6.45, 7) is 3.98. The summed E-state index contributed by atoms with van der Waals surface area (Å²) in [5.41, 5.74) is 3.62. The van der Waals surface area contributed by atoms with Crippen molar-refractivity contribution in [1.82, 2.24) is 5.32 Å². The minimum Gasteiger partial charge on any atom is -0.457 e. The summed E-state index contributed by atoms with van der Waals surface area (Å²) in [6, 6.07) is 18.9. The fourth-order valence-electron chi connectivity index (χ4n) is 3.54. The molecule has 0 saturated heterocycles. The van der Waals surface area contributed by atoms with Gasteiger partial charge < -0.3 is 14.6 Å². The number of hydrogen-bond acceptors (Lipinski definition) is 5. The highest BCUT2D eigenvalue weighted by Gasteiger charge is 2.36. The van der Waals surface area contributed by atoms with Crippen LogP contribution >= 0.6 is 24.2 Å². The Bertz CT molecular complexity index is 1230. The number of nitriles is 1. The van der Waals surface area contributed by atoms with E-state index in [-0.39, 0.29) is 10.6 Å².